The van der Waals surface area contributed by atoms with Crippen molar-refractivity contribution in [3.8, 4) is 0 Å². The van der Waals surface area contributed by atoms with E-state index in [1.165, 1.54) is 141 Å². The highest BCUT2D eigenvalue weighted by molar-refractivity contribution is 5.71. The van der Waals surface area contributed by atoms with Gasteiger partial charge in [-0.1, -0.05) is 296 Å². The first kappa shape index (κ1) is 78.8. The summed E-state index contributed by atoms with van der Waals surface area (Å²) < 4.78 is 17.0. The van der Waals surface area contributed by atoms with E-state index in [1.54, 1.807) is 0 Å². The first-order chi connectivity index (χ1) is 41.0. The molecule has 1 unspecified atom stereocenters. The number of carbonyl (C=O) groups excluding carboxylic acids is 3. The Morgan fingerprint density at radius 1 is 0.253 bits per heavy atom. The SMILES string of the molecule is CC/C=C\C/C=C\C/C=C\C/C=C\C/C=C\CCCCCCCC(=O)OC(COC(=O)CCCCCCC/C=C\C/C=C\CCCCC)COC(=O)CCCCCCCCCCCCCCCC/C=C\C/C=C\C/C=C\CCCCCCC. The Labute approximate surface area is 513 Å². The van der Waals surface area contributed by atoms with Crippen LogP contribution < -0.4 is 0 Å². The van der Waals surface area contributed by atoms with Gasteiger partial charge in [0.25, 0.3) is 0 Å². The summed E-state index contributed by atoms with van der Waals surface area (Å²) >= 11 is 0. The van der Waals surface area contributed by atoms with Crippen molar-refractivity contribution in [3.05, 3.63) is 122 Å². The molecule has 0 N–H and O–H groups in total. The van der Waals surface area contributed by atoms with Gasteiger partial charge in [-0.3, -0.25) is 14.4 Å². The van der Waals surface area contributed by atoms with Crippen LogP contribution in [-0.4, -0.2) is 37.2 Å². The van der Waals surface area contributed by atoms with Gasteiger partial charge in [0.2, 0.25) is 0 Å². The summed E-state index contributed by atoms with van der Waals surface area (Å²) in [6.45, 7) is 6.49. The van der Waals surface area contributed by atoms with Crippen LogP contribution >= 0.6 is 0 Å². The standard InChI is InChI=1S/C77H130O6/c1-4-7-10-13-16-19-22-25-28-30-32-34-35-36-37-38-39-40-41-43-44-46-49-52-55-58-61-64-67-70-76(79)82-73-74(72-81-75(78)69-66-63-60-57-54-51-48-27-24-21-18-15-12-9-6-3)83-77(80)71-68-65-62-59-56-53-50-47-45-42-33-31-29-26-23-20-17-14-11-8-5-2/h8,11,17-18,20-22,25-27,29-30,32-33,35-36,42,47-48,50,74H,4-7,9-10,12-16,19,23-24,28,31,34,37-41,43-46,49,51-73H2,1-3H3/b11-8-,20-17-,21-18-,25-22-,29-26-,32-30-,36-35-,42-33-,48-27-,50-47-. The second kappa shape index (κ2) is 70.3. The normalized spacial score (nSPS) is 12.9. The first-order valence-electron chi connectivity index (χ1n) is 35.0. The van der Waals surface area contributed by atoms with Crippen molar-refractivity contribution in [3.63, 3.8) is 0 Å². The van der Waals surface area contributed by atoms with Crippen LogP contribution in [-0.2, 0) is 28.6 Å². The van der Waals surface area contributed by atoms with Gasteiger partial charge >= 0.3 is 17.9 Å². The van der Waals surface area contributed by atoms with Crippen LogP contribution in [0.4, 0.5) is 0 Å². The lowest BCUT2D eigenvalue weighted by atomic mass is 10.0. The molecule has 474 valence electrons. The van der Waals surface area contributed by atoms with Gasteiger partial charge in [0, 0.05) is 19.3 Å². The maximum atomic E-state index is 12.9. The molecule has 0 fully saturated rings. The second-order valence-corrected chi connectivity index (χ2v) is 23.1. The summed E-state index contributed by atoms with van der Waals surface area (Å²) in [4.78, 5) is 38.4. The summed E-state index contributed by atoms with van der Waals surface area (Å²) in [5, 5.41) is 0. The molecule has 0 aliphatic rings. The Bertz CT molecular complexity index is 1700. The minimum atomic E-state index is -0.800. The number of unbranched alkanes of at least 4 members (excludes halogenated alkanes) is 32. The van der Waals surface area contributed by atoms with E-state index >= 15 is 0 Å². The summed E-state index contributed by atoms with van der Waals surface area (Å²) in [6.07, 6.45) is 97.9. The van der Waals surface area contributed by atoms with Gasteiger partial charge in [0.15, 0.2) is 6.10 Å². The third-order valence-corrected chi connectivity index (χ3v) is 14.9. The molecule has 1 atom stereocenters. The monoisotopic (exact) mass is 1150 g/mol. The summed E-state index contributed by atoms with van der Waals surface area (Å²) in [7, 11) is 0. The summed E-state index contributed by atoms with van der Waals surface area (Å²) in [6, 6.07) is 0. The Morgan fingerprint density at radius 3 is 0.759 bits per heavy atom. The van der Waals surface area contributed by atoms with Crippen molar-refractivity contribution in [1.29, 1.82) is 0 Å². The maximum Gasteiger partial charge on any atom is 0.306 e. The number of rotatable bonds is 63. The van der Waals surface area contributed by atoms with Gasteiger partial charge in [0.05, 0.1) is 0 Å². The molecule has 0 amide bonds. The molecule has 0 aliphatic carbocycles. The van der Waals surface area contributed by atoms with Crippen molar-refractivity contribution in [2.24, 2.45) is 0 Å². The van der Waals surface area contributed by atoms with Crippen LogP contribution in [0.3, 0.4) is 0 Å². The van der Waals surface area contributed by atoms with Gasteiger partial charge < -0.3 is 14.2 Å². The predicted molar refractivity (Wildman–Crippen MR) is 362 cm³/mol. The van der Waals surface area contributed by atoms with E-state index in [9.17, 15) is 14.4 Å². The van der Waals surface area contributed by atoms with Gasteiger partial charge in [0.1, 0.15) is 13.2 Å². The third-order valence-electron chi connectivity index (χ3n) is 14.9. The van der Waals surface area contributed by atoms with E-state index in [2.05, 4.69) is 142 Å². The average Bonchev–Trinajstić information content (AvgIpc) is 3.49. The fourth-order valence-electron chi connectivity index (χ4n) is 9.68. The Morgan fingerprint density at radius 2 is 0.470 bits per heavy atom. The molecule has 0 aromatic carbocycles. The lowest BCUT2D eigenvalue weighted by molar-refractivity contribution is -0.167. The molecule has 0 heterocycles. The zero-order valence-corrected chi connectivity index (χ0v) is 54.4. The van der Waals surface area contributed by atoms with Gasteiger partial charge in [-0.2, -0.15) is 0 Å². The number of hydrogen-bond donors (Lipinski definition) is 0. The van der Waals surface area contributed by atoms with Crippen LogP contribution in [0, 0.1) is 0 Å². The minimum absolute atomic E-state index is 0.0920. The number of allylic oxidation sites excluding steroid dienone is 20. The molecule has 0 spiro atoms. The zero-order valence-electron chi connectivity index (χ0n) is 54.4. The highest BCUT2D eigenvalue weighted by Gasteiger charge is 2.19. The van der Waals surface area contributed by atoms with E-state index in [1.807, 2.05) is 0 Å². The van der Waals surface area contributed by atoms with Gasteiger partial charge in [-0.05, 0) is 135 Å². The fraction of sp³-hybridized carbons (Fsp3) is 0.701. The Balaban J connectivity index is 4.35. The second-order valence-electron chi connectivity index (χ2n) is 23.1. The quantitative estimate of drug-likeness (QED) is 0.0261. The molecule has 0 radical (unpaired) electrons. The van der Waals surface area contributed by atoms with Crippen LogP contribution in [0.2, 0.25) is 0 Å². The molecular weight excluding hydrogens is 1020 g/mol. The number of ether oxygens (including phenoxy) is 3. The number of hydrogen-bond acceptors (Lipinski definition) is 6. The Hall–Kier alpha value is -4.19. The number of carbonyl (C=O) groups is 3. The molecule has 6 nitrogen and oxygen atoms in total. The Kier molecular flexibility index (Phi) is 66.7. The maximum absolute atomic E-state index is 12.9. The van der Waals surface area contributed by atoms with Crippen molar-refractivity contribution >= 4 is 17.9 Å². The van der Waals surface area contributed by atoms with Crippen molar-refractivity contribution < 1.29 is 28.6 Å². The average molecular weight is 1150 g/mol. The first-order valence-corrected chi connectivity index (χ1v) is 35.0. The van der Waals surface area contributed by atoms with Crippen LogP contribution in [0.15, 0.2) is 122 Å². The van der Waals surface area contributed by atoms with E-state index in [0.29, 0.717) is 19.3 Å². The number of esters is 3. The highest BCUT2D eigenvalue weighted by Crippen LogP contribution is 2.16. The summed E-state index contributed by atoms with van der Waals surface area (Å²) in [5.41, 5.74) is 0. The van der Waals surface area contributed by atoms with Crippen molar-refractivity contribution in [2.45, 2.75) is 335 Å². The largest absolute Gasteiger partial charge is 0.462 e. The van der Waals surface area contributed by atoms with Crippen LogP contribution in [0.25, 0.3) is 0 Å². The molecule has 0 saturated heterocycles. The summed E-state index contributed by atoms with van der Waals surface area (Å²) in [5.74, 6) is -0.917. The highest BCUT2D eigenvalue weighted by atomic mass is 16.6. The van der Waals surface area contributed by atoms with Crippen LogP contribution in [0.1, 0.15) is 329 Å². The van der Waals surface area contributed by atoms with Gasteiger partial charge in [-0.15, -0.1) is 0 Å². The molecule has 0 saturated carbocycles. The van der Waals surface area contributed by atoms with E-state index < -0.39 is 6.10 Å². The molecule has 0 bridgehead atoms. The lowest BCUT2D eigenvalue weighted by Gasteiger charge is -2.18. The fourth-order valence-corrected chi connectivity index (χ4v) is 9.68. The smallest absolute Gasteiger partial charge is 0.306 e. The van der Waals surface area contributed by atoms with Crippen molar-refractivity contribution in [2.75, 3.05) is 13.2 Å². The molecule has 0 aromatic heterocycles. The third kappa shape index (κ3) is 68.5. The molecule has 0 rings (SSSR count). The van der Waals surface area contributed by atoms with E-state index in [4.69, 9.17) is 14.2 Å². The minimum Gasteiger partial charge on any atom is -0.462 e. The molecule has 83 heavy (non-hydrogen) atoms. The predicted octanol–water partition coefficient (Wildman–Crippen LogP) is 24.3. The molecular formula is C77H130O6. The van der Waals surface area contributed by atoms with Crippen molar-refractivity contribution in [1.82, 2.24) is 0 Å². The molecule has 0 aliphatic heterocycles. The zero-order chi connectivity index (χ0) is 59.9. The van der Waals surface area contributed by atoms with E-state index in [0.717, 1.165) is 148 Å². The van der Waals surface area contributed by atoms with Crippen LogP contribution in [0.5, 0.6) is 0 Å². The molecule has 0 aromatic rings. The van der Waals surface area contributed by atoms with E-state index in [-0.39, 0.29) is 31.1 Å². The molecule has 6 heteroatoms. The lowest BCUT2D eigenvalue weighted by Crippen LogP contribution is -2.30. The van der Waals surface area contributed by atoms with Gasteiger partial charge in [-0.25, -0.2) is 0 Å². The topological polar surface area (TPSA) is 78.9 Å².